The van der Waals surface area contributed by atoms with E-state index in [-0.39, 0.29) is 23.8 Å². The van der Waals surface area contributed by atoms with Gasteiger partial charge in [0.15, 0.2) is 0 Å². The maximum absolute atomic E-state index is 12.7. The highest BCUT2D eigenvalue weighted by atomic mass is 16.3. The van der Waals surface area contributed by atoms with Crippen LogP contribution >= 0.6 is 0 Å². The van der Waals surface area contributed by atoms with E-state index in [9.17, 15) is 14.7 Å². The molecule has 0 spiro atoms. The van der Waals surface area contributed by atoms with Crippen molar-refractivity contribution in [3.8, 4) is 0 Å². The number of rotatable bonds is 4. The monoisotopic (exact) mass is 323 g/mol. The van der Waals surface area contributed by atoms with E-state index in [1.807, 2.05) is 9.80 Å². The molecule has 3 rings (SSSR count). The van der Waals surface area contributed by atoms with Crippen molar-refractivity contribution in [2.24, 2.45) is 5.92 Å². The molecule has 0 aromatic rings. The van der Waals surface area contributed by atoms with Gasteiger partial charge in [0.05, 0.1) is 12.0 Å². The van der Waals surface area contributed by atoms with Crippen molar-refractivity contribution in [1.29, 1.82) is 0 Å². The molecule has 1 aliphatic carbocycles. The number of β-amino-alcohol motifs (C(OH)–C–C–N with tert-alkyl or cyclic N) is 1. The number of likely N-dealkylation sites (tertiary alicyclic amines) is 1. The van der Waals surface area contributed by atoms with Crippen LogP contribution in [0.3, 0.4) is 0 Å². The van der Waals surface area contributed by atoms with Crippen LogP contribution in [-0.4, -0.2) is 83.0 Å². The van der Waals surface area contributed by atoms with E-state index in [4.69, 9.17) is 0 Å². The Bertz CT molecular complexity index is 440. The zero-order chi connectivity index (χ0) is 16.4. The van der Waals surface area contributed by atoms with Gasteiger partial charge in [-0.3, -0.25) is 14.5 Å². The number of nitrogens with zero attached hydrogens (tertiary/aromatic N) is 3. The summed E-state index contributed by atoms with van der Waals surface area (Å²) in [4.78, 5) is 31.0. The Morgan fingerprint density at radius 2 is 1.87 bits per heavy atom. The summed E-state index contributed by atoms with van der Waals surface area (Å²) in [7, 11) is 0. The largest absolute Gasteiger partial charge is 0.392 e. The van der Waals surface area contributed by atoms with Crippen LogP contribution in [-0.2, 0) is 9.59 Å². The maximum Gasteiger partial charge on any atom is 0.228 e. The molecule has 2 atom stereocenters. The quantitative estimate of drug-likeness (QED) is 0.808. The van der Waals surface area contributed by atoms with Gasteiger partial charge in [0.2, 0.25) is 11.8 Å². The average Bonchev–Trinajstić information content (AvgIpc) is 3.16. The highest BCUT2D eigenvalue weighted by molar-refractivity contribution is 5.89. The molecule has 3 aliphatic rings. The minimum atomic E-state index is -0.329. The van der Waals surface area contributed by atoms with Gasteiger partial charge in [0.1, 0.15) is 0 Å². The first-order chi connectivity index (χ1) is 11.0. The van der Waals surface area contributed by atoms with Crippen molar-refractivity contribution in [2.45, 2.75) is 51.2 Å². The summed E-state index contributed by atoms with van der Waals surface area (Å²) in [5.41, 5.74) is 0. The van der Waals surface area contributed by atoms with E-state index in [0.29, 0.717) is 38.6 Å². The summed E-state index contributed by atoms with van der Waals surface area (Å²) in [5.74, 6) is 0.171. The Morgan fingerprint density at radius 3 is 2.48 bits per heavy atom. The molecule has 1 saturated carbocycles. The number of amides is 2. The molecule has 2 aliphatic heterocycles. The second kappa shape index (κ2) is 7.18. The molecule has 0 radical (unpaired) electrons. The number of aliphatic hydroxyl groups excluding tert-OH is 1. The van der Waals surface area contributed by atoms with Crippen molar-refractivity contribution < 1.29 is 14.7 Å². The molecule has 6 heteroatoms. The number of carbonyl (C=O) groups is 2. The van der Waals surface area contributed by atoms with Crippen LogP contribution < -0.4 is 0 Å². The standard InChI is InChI=1S/C17H29N3O3/c1-13(21)11-18-6-8-19(9-7-18)17(23)14-10-16(22)20(12-14)15-4-2-3-5-15/h13-15,21H,2-12H2,1H3/t13-,14-/m1/s1. The third-order valence-corrected chi connectivity index (χ3v) is 5.48. The van der Waals surface area contributed by atoms with E-state index < -0.39 is 0 Å². The Morgan fingerprint density at radius 1 is 1.22 bits per heavy atom. The van der Waals surface area contributed by atoms with E-state index in [0.717, 1.165) is 25.9 Å². The zero-order valence-corrected chi connectivity index (χ0v) is 14.1. The number of hydrogen-bond acceptors (Lipinski definition) is 4. The predicted molar refractivity (Wildman–Crippen MR) is 86.8 cm³/mol. The van der Waals surface area contributed by atoms with E-state index >= 15 is 0 Å². The van der Waals surface area contributed by atoms with Crippen LogP contribution in [0.5, 0.6) is 0 Å². The smallest absolute Gasteiger partial charge is 0.228 e. The molecule has 2 amide bonds. The summed E-state index contributed by atoms with van der Waals surface area (Å²) >= 11 is 0. The fourth-order valence-electron chi connectivity index (χ4n) is 4.25. The van der Waals surface area contributed by atoms with Gasteiger partial charge in [-0.2, -0.15) is 0 Å². The molecule has 0 aromatic carbocycles. The lowest BCUT2D eigenvalue weighted by Crippen LogP contribution is -2.51. The Hall–Kier alpha value is -1.14. The van der Waals surface area contributed by atoms with Crippen molar-refractivity contribution >= 4 is 11.8 Å². The zero-order valence-electron chi connectivity index (χ0n) is 14.1. The van der Waals surface area contributed by atoms with Crippen molar-refractivity contribution in [2.75, 3.05) is 39.3 Å². The lowest BCUT2D eigenvalue weighted by molar-refractivity contribution is -0.137. The van der Waals surface area contributed by atoms with Gasteiger partial charge >= 0.3 is 0 Å². The summed E-state index contributed by atoms with van der Waals surface area (Å²) in [6.07, 6.45) is 4.68. The van der Waals surface area contributed by atoms with Gasteiger partial charge in [0.25, 0.3) is 0 Å². The topological polar surface area (TPSA) is 64.1 Å². The van der Waals surface area contributed by atoms with E-state index in [1.165, 1.54) is 12.8 Å². The molecule has 2 heterocycles. The highest BCUT2D eigenvalue weighted by Crippen LogP contribution is 2.30. The minimum absolute atomic E-state index is 0.147. The second-order valence-corrected chi connectivity index (χ2v) is 7.36. The van der Waals surface area contributed by atoms with Crippen molar-refractivity contribution in [3.05, 3.63) is 0 Å². The molecular weight excluding hydrogens is 294 g/mol. The number of carbonyl (C=O) groups excluding carboxylic acids is 2. The first-order valence-electron chi connectivity index (χ1n) is 9.03. The molecular formula is C17H29N3O3. The Balaban J connectivity index is 1.50. The maximum atomic E-state index is 12.7. The van der Waals surface area contributed by atoms with Gasteiger partial charge in [-0.25, -0.2) is 0 Å². The molecule has 1 N–H and O–H groups in total. The summed E-state index contributed by atoms with van der Waals surface area (Å²) < 4.78 is 0. The highest BCUT2D eigenvalue weighted by Gasteiger charge is 2.40. The third-order valence-electron chi connectivity index (χ3n) is 5.48. The molecule has 6 nitrogen and oxygen atoms in total. The van der Waals surface area contributed by atoms with Crippen LogP contribution in [0.1, 0.15) is 39.0 Å². The van der Waals surface area contributed by atoms with Gasteiger partial charge in [-0.05, 0) is 19.8 Å². The second-order valence-electron chi connectivity index (χ2n) is 7.36. The van der Waals surface area contributed by atoms with Crippen molar-refractivity contribution in [3.63, 3.8) is 0 Å². The Labute approximate surface area is 138 Å². The molecule has 0 unspecified atom stereocenters. The number of piperazine rings is 1. The molecule has 3 fully saturated rings. The van der Waals surface area contributed by atoms with Crippen LogP contribution in [0.2, 0.25) is 0 Å². The first kappa shape index (κ1) is 16.7. The van der Waals surface area contributed by atoms with Gasteiger partial charge in [-0.1, -0.05) is 12.8 Å². The molecule has 130 valence electrons. The van der Waals surface area contributed by atoms with Crippen LogP contribution in [0, 0.1) is 5.92 Å². The summed E-state index contributed by atoms with van der Waals surface area (Å²) in [6.45, 7) is 6.11. The predicted octanol–water partition coefficient (Wildman–Crippen LogP) is 0.303. The SMILES string of the molecule is C[C@@H](O)CN1CCN(C(=O)[C@@H]2CC(=O)N(C3CCCC3)C2)CC1. The number of aliphatic hydroxyl groups is 1. The number of hydrogen-bond donors (Lipinski definition) is 1. The van der Waals surface area contributed by atoms with E-state index in [1.54, 1.807) is 6.92 Å². The minimum Gasteiger partial charge on any atom is -0.392 e. The van der Waals surface area contributed by atoms with Crippen molar-refractivity contribution in [1.82, 2.24) is 14.7 Å². The molecule has 2 saturated heterocycles. The lowest BCUT2D eigenvalue weighted by Gasteiger charge is -2.36. The Kier molecular flexibility index (Phi) is 5.21. The van der Waals surface area contributed by atoms with E-state index in [2.05, 4.69) is 4.90 Å². The van der Waals surface area contributed by atoms with Crippen LogP contribution in [0.4, 0.5) is 0 Å². The van der Waals surface area contributed by atoms with Gasteiger partial charge < -0.3 is 14.9 Å². The fraction of sp³-hybridized carbons (Fsp3) is 0.882. The van der Waals surface area contributed by atoms with Crippen LogP contribution in [0.25, 0.3) is 0 Å². The molecule has 23 heavy (non-hydrogen) atoms. The van der Waals surface area contributed by atoms with Crippen LogP contribution in [0.15, 0.2) is 0 Å². The first-order valence-corrected chi connectivity index (χ1v) is 9.03. The third kappa shape index (κ3) is 3.86. The normalized spacial score (nSPS) is 28.6. The molecule has 0 bridgehead atoms. The average molecular weight is 323 g/mol. The van der Waals surface area contributed by atoms with Gasteiger partial charge in [0, 0.05) is 51.7 Å². The summed E-state index contributed by atoms with van der Waals surface area (Å²) in [5, 5.41) is 9.45. The van der Waals surface area contributed by atoms with Gasteiger partial charge in [-0.15, -0.1) is 0 Å². The lowest BCUT2D eigenvalue weighted by atomic mass is 10.1. The summed E-state index contributed by atoms with van der Waals surface area (Å²) in [6, 6.07) is 0.378. The fourth-order valence-corrected chi connectivity index (χ4v) is 4.25. The molecule has 0 aromatic heterocycles.